The molecule has 0 saturated heterocycles. The van der Waals surface area contributed by atoms with E-state index >= 15 is 0 Å². The molecule has 10 heteroatoms. The van der Waals surface area contributed by atoms with Gasteiger partial charge in [0.05, 0.1) is 18.8 Å². The Hall–Kier alpha value is -3.63. The largest absolute Gasteiger partial charge is 0.444 e. The zero-order valence-corrected chi connectivity index (χ0v) is 22.8. The Kier molecular flexibility index (Phi) is 11.3. The number of benzene rings is 3. The van der Waals surface area contributed by atoms with E-state index in [1.54, 1.807) is 24.3 Å². The standard InChI is InChI=1S/C30H31F2N3O4.ClH/c1-2-19-5-3-6-20(9-19)15-33-16-28(37)27(12-21-10-24(31)14-25(32)11-21)35-29(38)22-7-4-8-23(13-22)30-34-26(17-36)18-39-30;/h3-11,13-14,18,27-28,33,36-37H,2,12,15-17H2,1H3,(H,35,38);1H/t27-,28+;/m0./s1. The third-order valence-electron chi connectivity index (χ3n) is 6.33. The molecule has 0 radical (unpaired) electrons. The Morgan fingerprint density at radius 2 is 1.73 bits per heavy atom. The minimum absolute atomic E-state index is 0. The van der Waals surface area contributed by atoms with Gasteiger partial charge in [0.15, 0.2) is 0 Å². The Morgan fingerprint density at radius 1 is 1.00 bits per heavy atom. The van der Waals surface area contributed by atoms with Gasteiger partial charge in [-0.3, -0.25) is 4.79 Å². The van der Waals surface area contributed by atoms with Crippen LogP contribution >= 0.6 is 12.4 Å². The number of rotatable bonds is 12. The third kappa shape index (κ3) is 8.43. The van der Waals surface area contributed by atoms with Crippen LogP contribution in [0.15, 0.2) is 77.4 Å². The minimum atomic E-state index is -1.06. The van der Waals surface area contributed by atoms with Gasteiger partial charge in [-0.15, -0.1) is 12.4 Å². The highest BCUT2D eigenvalue weighted by Crippen LogP contribution is 2.20. The first-order valence-electron chi connectivity index (χ1n) is 12.7. The average molecular weight is 572 g/mol. The molecule has 4 N–H and O–H groups in total. The molecule has 7 nitrogen and oxygen atoms in total. The summed E-state index contributed by atoms with van der Waals surface area (Å²) in [4.78, 5) is 17.4. The molecule has 4 aromatic rings. The Labute approximate surface area is 237 Å². The van der Waals surface area contributed by atoms with Crippen molar-refractivity contribution in [2.24, 2.45) is 0 Å². The van der Waals surface area contributed by atoms with Crippen LogP contribution in [0, 0.1) is 11.6 Å². The highest BCUT2D eigenvalue weighted by Gasteiger charge is 2.23. The number of carbonyl (C=O) groups excluding carboxylic acids is 1. The summed E-state index contributed by atoms with van der Waals surface area (Å²) in [5.74, 6) is -1.71. The molecule has 4 rings (SSSR count). The zero-order chi connectivity index (χ0) is 27.8. The van der Waals surface area contributed by atoms with Crippen LogP contribution in [0.3, 0.4) is 0 Å². The SMILES string of the molecule is CCc1cccc(CNC[C@@H](O)[C@H](Cc2cc(F)cc(F)c2)NC(=O)c2cccc(-c3nc(CO)co3)c2)c1.Cl. The van der Waals surface area contributed by atoms with E-state index < -0.39 is 29.7 Å². The van der Waals surface area contributed by atoms with Crippen molar-refractivity contribution < 1.29 is 28.2 Å². The van der Waals surface area contributed by atoms with Gasteiger partial charge in [0.1, 0.15) is 23.6 Å². The molecule has 1 amide bonds. The van der Waals surface area contributed by atoms with E-state index in [0.717, 1.165) is 18.1 Å². The quantitative estimate of drug-likeness (QED) is 0.198. The number of halogens is 3. The van der Waals surface area contributed by atoms with E-state index in [1.807, 2.05) is 18.2 Å². The van der Waals surface area contributed by atoms with Gasteiger partial charge in [-0.2, -0.15) is 0 Å². The fourth-order valence-corrected chi connectivity index (χ4v) is 4.29. The summed E-state index contributed by atoms with van der Waals surface area (Å²) >= 11 is 0. The number of aliphatic hydroxyl groups is 2. The maximum absolute atomic E-state index is 13.9. The molecule has 0 aliphatic rings. The summed E-state index contributed by atoms with van der Waals surface area (Å²) in [7, 11) is 0. The van der Waals surface area contributed by atoms with Crippen molar-refractivity contribution in [2.75, 3.05) is 6.54 Å². The molecule has 2 atom stereocenters. The maximum Gasteiger partial charge on any atom is 0.251 e. The fourth-order valence-electron chi connectivity index (χ4n) is 4.29. The van der Waals surface area contributed by atoms with Gasteiger partial charge < -0.3 is 25.3 Å². The van der Waals surface area contributed by atoms with Gasteiger partial charge in [0.25, 0.3) is 5.91 Å². The van der Waals surface area contributed by atoms with Crippen LogP contribution in [-0.4, -0.2) is 39.8 Å². The maximum atomic E-state index is 13.9. The predicted octanol–water partition coefficient (Wildman–Crippen LogP) is 4.59. The van der Waals surface area contributed by atoms with Crippen LogP contribution in [0.25, 0.3) is 11.5 Å². The normalized spacial score (nSPS) is 12.4. The van der Waals surface area contributed by atoms with Crippen molar-refractivity contribution in [3.63, 3.8) is 0 Å². The highest BCUT2D eigenvalue weighted by molar-refractivity contribution is 5.95. The van der Waals surface area contributed by atoms with Crippen LogP contribution in [0.1, 0.15) is 39.7 Å². The number of aromatic nitrogens is 1. The van der Waals surface area contributed by atoms with Crippen molar-refractivity contribution in [2.45, 2.75) is 45.1 Å². The number of nitrogens with one attached hydrogen (secondary N) is 2. The number of amides is 1. The minimum Gasteiger partial charge on any atom is -0.444 e. The Bertz CT molecular complexity index is 1390. The molecule has 0 spiro atoms. The molecule has 0 unspecified atom stereocenters. The number of nitrogens with zero attached hydrogens (tertiary/aromatic N) is 1. The molecule has 212 valence electrons. The van der Waals surface area contributed by atoms with Gasteiger partial charge in [-0.25, -0.2) is 13.8 Å². The van der Waals surface area contributed by atoms with Gasteiger partial charge >= 0.3 is 0 Å². The summed E-state index contributed by atoms with van der Waals surface area (Å²) < 4.78 is 33.1. The summed E-state index contributed by atoms with van der Waals surface area (Å²) in [6, 6.07) is 16.9. The van der Waals surface area contributed by atoms with Crippen LogP contribution in [0.4, 0.5) is 8.78 Å². The molecular formula is C30H32ClF2N3O4. The molecule has 0 aliphatic carbocycles. The van der Waals surface area contributed by atoms with Crippen molar-refractivity contribution >= 4 is 18.3 Å². The molecule has 3 aromatic carbocycles. The first-order chi connectivity index (χ1) is 18.8. The summed E-state index contributed by atoms with van der Waals surface area (Å²) in [6.45, 7) is 2.45. The van der Waals surface area contributed by atoms with Gasteiger partial charge in [0.2, 0.25) is 5.89 Å². The average Bonchev–Trinajstić information content (AvgIpc) is 3.42. The summed E-state index contributed by atoms with van der Waals surface area (Å²) in [5.41, 5.74) is 3.73. The zero-order valence-electron chi connectivity index (χ0n) is 21.9. The lowest BCUT2D eigenvalue weighted by atomic mass is 9.99. The van der Waals surface area contributed by atoms with E-state index in [9.17, 15) is 23.8 Å². The summed E-state index contributed by atoms with van der Waals surface area (Å²) in [6.07, 6.45) is 1.19. The summed E-state index contributed by atoms with van der Waals surface area (Å²) in [5, 5.41) is 26.3. The van der Waals surface area contributed by atoms with Gasteiger partial charge in [0, 0.05) is 30.3 Å². The van der Waals surface area contributed by atoms with E-state index in [1.165, 1.54) is 24.0 Å². The van der Waals surface area contributed by atoms with Crippen LogP contribution in [0.5, 0.6) is 0 Å². The number of hydrogen-bond acceptors (Lipinski definition) is 6. The van der Waals surface area contributed by atoms with E-state index in [2.05, 4.69) is 28.6 Å². The smallest absolute Gasteiger partial charge is 0.251 e. The first-order valence-corrected chi connectivity index (χ1v) is 12.7. The van der Waals surface area contributed by atoms with Crippen molar-refractivity contribution in [3.05, 3.63) is 113 Å². The molecule has 0 fully saturated rings. The van der Waals surface area contributed by atoms with E-state index in [0.29, 0.717) is 23.4 Å². The van der Waals surface area contributed by atoms with E-state index in [-0.39, 0.29) is 43.4 Å². The molecule has 1 heterocycles. The lowest BCUT2D eigenvalue weighted by Gasteiger charge is -2.25. The number of aliphatic hydroxyl groups excluding tert-OH is 2. The number of oxazole rings is 1. The second kappa shape index (κ2) is 14.7. The monoisotopic (exact) mass is 571 g/mol. The molecular weight excluding hydrogens is 540 g/mol. The van der Waals surface area contributed by atoms with E-state index in [4.69, 9.17) is 4.42 Å². The topological polar surface area (TPSA) is 108 Å². The van der Waals surface area contributed by atoms with Gasteiger partial charge in [-0.05, 0) is 59.9 Å². The first kappa shape index (κ1) is 30.9. The third-order valence-corrected chi connectivity index (χ3v) is 6.33. The molecule has 0 bridgehead atoms. The van der Waals surface area contributed by atoms with Crippen molar-refractivity contribution in [1.29, 1.82) is 0 Å². The van der Waals surface area contributed by atoms with Gasteiger partial charge in [-0.1, -0.05) is 37.3 Å². The molecule has 1 aromatic heterocycles. The highest BCUT2D eigenvalue weighted by atomic mass is 35.5. The number of carbonyl (C=O) groups is 1. The Morgan fingerprint density at radius 3 is 2.42 bits per heavy atom. The lowest BCUT2D eigenvalue weighted by Crippen LogP contribution is -2.48. The second-order valence-corrected chi connectivity index (χ2v) is 9.32. The molecule has 0 aliphatic heterocycles. The number of hydrogen-bond donors (Lipinski definition) is 4. The predicted molar refractivity (Wildman–Crippen MR) is 150 cm³/mol. The molecule has 40 heavy (non-hydrogen) atoms. The lowest BCUT2D eigenvalue weighted by molar-refractivity contribution is 0.0830. The van der Waals surface area contributed by atoms with Crippen LogP contribution < -0.4 is 10.6 Å². The molecule has 0 saturated carbocycles. The Balaban J connectivity index is 0.00000441. The second-order valence-electron chi connectivity index (χ2n) is 9.32. The van der Waals surface area contributed by atoms with Crippen molar-refractivity contribution in [1.82, 2.24) is 15.6 Å². The number of aryl methyl sites for hydroxylation is 1. The van der Waals surface area contributed by atoms with Crippen molar-refractivity contribution in [3.8, 4) is 11.5 Å². The fraction of sp³-hybridized carbons (Fsp3) is 0.267. The van der Waals surface area contributed by atoms with Crippen LogP contribution in [-0.2, 0) is 26.0 Å². The van der Waals surface area contributed by atoms with Crippen LogP contribution in [0.2, 0.25) is 0 Å².